The van der Waals surface area contributed by atoms with Crippen LogP contribution in [-0.4, -0.2) is 28.8 Å². The van der Waals surface area contributed by atoms with E-state index < -0.39 is 5.82 Å². The Hall–Kier alpha value is -2.67. The second-order valence-corrected chi connectivity index (χ2v) is 6.17. The molecule has 0 saturated carbocycles. The number of ether oxygens (including phenoxy) is 1. The Morgan fingerprint density at radius 3 is 2.80 bits per heavy atom. The predicted octanol–water partition coefficient (Wildman–Crippen LogP) is 4.17. The van der Waals surface area contributed by atoms with Crippen molar-refractivity contribution in [2.75, 3.05) is 12.9 Å². The Morgan fingerprint density at radius 2 is 2.04 bits per heavy atom. The van der Waals surface area contributed by atoms with Crippen LogP contribution in [0, 0.1) is 12.7 Å². The molecule has 128 valence electrons. The highest BCUT2D eigenvalue weighted by atomic mass is 32.2. The maximum Gasteiger partial charge on any atom is 0.277 e. The third-order valence-corrected chi connectivity index (χ3v) is 4.39. The van der Waals surface area contributed by atoms with Crippen LogP contribution in [0.5, 0.6) is 5.75 Å². The van der Waals surface area contributed by atoms with Crippen molar-refractivity contribution in [1.29, 1.82) is 0 Å². The minimum Gasteiger partial charge on any atom is -0.496 e. The van der Waals surface area contributed by atoms with E-state index >= 15 is 0 Å². The summed E-state index contributed by atoms with van der Waals surface area (Å²) in [5.74, 6) is -0.00448. The summed E-state index contributed by atoms with van der Waals surface area (Å²) in [5, 5.41) is 8.24. The van der Waals surface area contributed by atoms with E-state index in [0.29, 0.717) is 11.6 Å². The van der Waals surface area contributed by atoms with E-state index in [2.05, 4.69) is 10.2 Å². The lowest BCUT2D eigenvalue weighted by Gasteiger charge is -2.06. The van der Waals surface area contributed by atoms with E-state index in [4.69, 9.17) is 9.15 Å². The number of ketones is 1. The van der Waals surface area contributed by atoms with Crippen LogP contribution in [-0.2, 0) is 0 Å². The SMILES string of the molecule is COc1ccc(F)cc1C(=O)CSc1nnc(-c2ccccc2C)o1. The molecule has 0 unspecified atom stereocenters. The topological polar surface area (TPSA) is 65.2 Å². The Balaban J connectivity index is 1.72. The molecule has 5 nitrogen and oxygen atoms in total. The first-order valence-electron chi connectivity index (χ1n) is 7.47. The van der Waals surface area contributed by atoms with Gasteiger partial charge in [-0.2, -0.15) is 0 Å². The maximum atomic E-state index is 13.4. The first kappa shape index (κ1) is 17.2. The molecule has 3 aromatic rings. The smallest absolute Gasteiger partial charge is 0.277 e. The molecule has 0 spiro atoms. The molecule has 0 saturated heterocycles. The zero-order chi connectivity index (χ0) is 17.8. The predicted molar refractivity (Wildman–Crippen MR) is 92.5 cm³/mol. The quantitative estimate of drug-likeness (QED) is 0.487. The molecule has 0 atom stereocenters. The van der Waals surface area contributed by atoms with Gasteiger partial charge < -0.3 is 9.15 Å². The van der Waals surface area contributed by atoms with Crippen LogP contribution in [0.15, 0.2) is 52.1 Å². The fourth-order valence-electron chi connectivity index (χ4n) is 2.29. The summed E-state index contributed by atoms with van der Waals surface area (Å²) in [6, 6.07) is 11.5. The van der Waals surface area contributed by atoms with Gasteiger partial charge in [0.25, 0.3) is 5.22 Å². The van der Waals surface area contributed by atoms with Crippen molar-refractivity contribution in [1.82, 2.24) is 10.2 Å². The third kappa shape index (κ3) is 3.88. The molecule has 25 heavy (non-hydrogen) atoms. The lowest BCUT2D eigenvalue weighted by atomic mass is 10.1. The monoisotopic (exact) mass is 358 g/mol. The fourth-order valence-corrected chi connectivity index (χ4v) is 2.94. The largest absolute Gasteiger partial charge is 0.496 e. The third-order valence-electron chi connectivity index (χ3n) is 3.57. The number of aromatic nitrogens is 2. The van der Waals surface area contributed by atoms with Gasteiger partial charge >= 0.3 is 0 Å². The molecule has 7 heteroatoms. The summed E-state index contributed by atoms with van der Waals surface area (Å²) in [6.07, 6.45) is 0. The molecule has 0 amide bonds. The summed E-state index contributed by atoms with van der Waals surface area (Å²) in [5.41, 5.74) is 2.05. The van der Waals surface area contributed by atoms with E-state index in [-0.39, 0.29) is 22.3 Å². The number of Topliss-reactive ketones (excluding diaryl/α,β-unsaturated/α-hetero) is 1. The molecule has 0 aliphatic carbocycles. The number of hydrogen-bond acceptors (Lipinski definition) is 6. The minimum absolute atomic E-state index is 0.0369. The molecule has 1 heterocycles. The zero-order valence-electron chi connectivity index (χ0n) is 13.7. The Kier molecular flexibility index (Phi) is 5.14. The number of rotatable bonds is 6. The number of halogens is 1. The van der Waals surface area contributed by atoms with Gasteiger partial charge in [-0.3, -0.25) is 4.79 Å². The highest BCUT2D eigenvalue weighted by molar-refractivity contribution is 7.99. The van der Waals surface area contributed by atoms with Crippen LogP contribution >= 0.6 is 11.8 Å². The first-order chi connectivity index (χ1) is 12.1. The normalized spacial score (nSPS) is 10.7. The highest BCUT2D eigenvalue weighted by Gasteiger charge is 2.16. The van der Waals surface area contributed by atoms with Crippen molar-refractivity contribution in [2.24, 2.45) is 0 Å². The number of nitrogens with zero attached hydrogens (tertiary/aromatic N) is 2. The number of methoxy groups -OCH3 is 1. The van der Waals surface area contributed by atoms with Crippen LogP contribution in [0.3, 0.4) is 0 Å². The maximum absolute atomic E-state index is 13.4. The van der Waals surface area contributed by atoms with Gasteiger partial charge in [0.2, 0.25) is 5.89 Å². The van der Waals surface area contributed by atoms with Crippen LogP contribution in [0.2, 0.25) is 0 Å². The molecule has 0 radical (unpaired) electrons. The number of hydrogen-bond donors (Lipinski definition) is 0. The Morgan fingerprint density at radius 1 is 1.24 bits per heavy atom. The van der Waals surface area contributed by atoms with Gasteiger partial charge in [0.1, 0.15) is 11.6 Å². The lowest BCUT2D eigenvalue weighted by molar-refractivity contribution is 0.101. The number of carbonyl (C=O) groups excluding carboxylic acids is 1. The molecule has 0 bridgehead atoms. The van der Waals surface area contributed by atoms with E-state index in [1.165, 1.54) is 19.2 Å². The van der Waals surface area contributed by atoms with Crippen molar-refractivity contribution < 1.29 is 18.3 Å². The second kappa shape index (κ2) is 7.48. The van der Waals surface area contributed by atoms with E-state index in [9.17, 15) is 9.18 Å². The van der Waals surface area contributed by atoms with Gasteiger partial charge in [-0.05, 0) is 36.8 Å². The van der Waals surface area contributed by atoms with Gasteiger partial charge in [0, 0.05) is 5.56 Å². The van der Waals surface area contributed by atoms with Gasteiger partial charge in [0.05, 0.1) is 18.4 Å². The van der Waals surface area contributed by atoms with Crippen molar-refractivity contribution in [3.05, 3.63) is 59.4 Å². The van der Waals surface area contributed by atoms with Gasteiger partial charge in [-0.1, -0.05) is 30.0 Å². The molecule has 0 aliphatic heterocycles. The minimum atomic E-state index is -0.492. The number of thioether (sulfide) groups is 1. The van der Waals surface area contributed by atoms with Crippen LogP contribution < -0.4 is 4.74 Å². The van der Waals surface area contributed by atoms with Crippen molar-refractivity contribution in [3.8, 4) is 17.2 Å². The second-order valence-electron chi connectivity index (χ2n) is 5.24. The van der Waals surface area contributed by atoms with Crippen molar-refractivity contribution >= 4 is 17.5 Å². The summed E-state index contributed by atoms with van der Waals surface area (Å²) >= 11 is 1.10. The lowest BCUT2D eigenvalue weighted by Crippen LogP contribution is -2.05. The summed E-state index contributed by atoms with van der Waals surface area (Å²) in [6.45, 7) is 1.95. The first-order valence-corrected chi connectivity index (χ1v) is 8.46. The summed E-state index contributed by atoms with van der Waals surface area (Å²) in [4.78, 5) is 12.3. The van der Waals surface area contributed by atoms with Crippen molar-refractivity contribution in [3.63, 3.8) is 0 Å². The molecule has 1 aromatic heterocycles. The molecule has 0 N–H and O–H groups in total. The van der Waals surface area contributed by atoms with Crippen LogP contribution in [0.1, 0.15) is 15.9 Å². The Bertz CT molecular complexity index is 911. The summed E-state index contributed by atoms with van der Waals surface area (Å²) in [7, 11) is 1.43. The Labute approximate surface area is 148 Å². The van der Waals surface area contributed by atoms with Crippen molar-refractivity contribution in [2.45, 2.75) is 12.1 Å². The van der Waals surface area contributed by atoms with E-state index in [0.717, 1.165) is 29.0 Å². The molecular formula is C18H15FN2O3S. The molecule has 0 fully saturated rings. The fraction of sp³-hybridized carbons (Fsp3) is 0.167. The average molecular weight is 358 g/mol. The summed E-state index contributed by atoms with van der Waals surface area (Å²) < 4.78 is 24.1. The van der Waals surface area contributed by atoms with Gasteiger partial charge in [-0.25, -0.2) is 4.39 Å². The average Bonchev–Trinajstić information content (AvgIpc) is 3.08. The van der Waals surface area contributed by atoms with E-state index in [1.54, 1.807) is 0 Å². The molecule has 2 aromatic carbocycles. The molecule has 3 rings (SSSR count). The van der Waals surface area contributed by atoms with E-state index in [1.807, 2.05) is 31.2 Å². The van der Waals surface area contributed by atoms with Crippen LogP contribution in [0.4, 0.5) is 4.39 Å². The number of aryl methyl sites for hydroxylation is 1. The highest BCUT2D eigenvalue weighted by Crippen LogP contribution is 2.27. The van der Waals surface area contributed by atoms with Gasteiger partial charge in [0.15, 0.2) is 5.78 Å². The molecular weight excluding hydrogens is 343 g/mol. The standard InChI is InChI=1S/C18H15FN2O3S/c1-11-5-3-4-6-13(11)17-20-21-18(24-17)25-10-15(22)14-9-12(19)7-8-16(14)23-2/h3-9H,10H2,1-2H3. The molecule has 0 aliphatic rings. The van der Waals surface area contributed by atoms with Crippen LogP contribution in [0.25, 0.3) is 11.5 Å². The number of carbonyl (C=O) groups is 1. The van der Waals surface area contributed by atoms with Gasteiger partial charge in [-0.15, -0.1) is 10.2 Å². The zero-order valence-corrected chi connectivity index (χ0v) is 14.5. The number of benzene rings is 2.